The highest BCUT2D eigenvalue weighted by Gasteiger charge is 2.59. The van der Waals surface area contributed by atoms with Crippen LogP contribution in [0.15, 0.2) is 24.5 Å². The number of hydrogen-bond donors (Lipinski definition) is 2. The first-order valence-corrected chi connectivity index (χ1v) is 12.1. The Bertz CT molecular complexity index is 1260. The van der Waals surface area contributed by atoms with Crippen LogP contribution in [0.3, 0.4) is 0 Å². The fourth-order valence-corrected chi connectivity index (χ4v) is 5.25. The van der Waals surface area contributed by atoms with Crippen LogP contribution in [-0.2, 0) is 4.74 Å². The number of aliphatic hydroxyl groups is 1. The van der Waals surface area contributed by atoms with Crippen molar-refractivity contribution in [1.82, 2.24) is 24.6 Å². The van der Waals surface area contributed by atoms with Crippen LogP contribution in [0.4, 0.5) is 26.1 Å². The first-order chi connectivity index (χ1) is 16.8. The molecule has 3 aliphatic rings. The molecule has 0 spiro atoms. The number of fused-ring (bicyclic) bond motifs is 1. The summed E-state index contributed by atoms with van der Waals surface area (Å²) in [5.41, 5.74) is 3.39. The quantitative estimate of drug-likeness (QED) is 0.547. The smallest absolute Gasteiger partial charge is 0.272 e. The zero-order valence-electron chi connectivity index (χ0n) is 19.2. The summed E-state index contributed by atoms with van der Waals surface area (Å²) in [4.78, 5) is 13.6. The van der Waals surface area contributed by atoms with Crippen LogP contribution in [0.5, 0.6) is 0 Å². The van der Waals surface area contributed by atoms with Gasteiger partial charge >= 0.3 is 0 Å². The van der Waals surface area contributed by atoms with Gasteiger partial charge < -0.3 is 20.1 Å². The molecule has 0 amide bonds. The second kappa shape index (κ2) is 8.51. The van der Waals surface area contributed by atoms with Crippen LogP contribution >= 0.6 is 11.6 Å². The van der Waals surface area contributed by atoms with E-state index in [1.807, 2.05) is 0 Å². The van der Waals surface area contributed by atoms with Gasteiger partial charge in [0.2, 0.25) is 5.95 Å². The zero-order valence-corrected chi connectivity index (χ0v) is 19.9. The molecular weight excluding hydrogens is 480 g/mol. The molecule has 0 bridgehead atoms. The van der Waals surface area contributed by atoms with Gasteiger partial charge in [-0.2, -0.15) is 5.10 Å². The van der Waals surface area contributed by atoms with Crippen molar-refractivity contribution < 1.29 is 18.6 Å². The fraction of sp³-hybridized carbons (Fsp3) is 0.522. The van der Waals surface area contributed by atoms with Crippen molar-refractivity contribution in [3.63, 3.8) is 0 Å². The van der Waals surface area contributed by atoms with E-state index >= 15 is 0 Å². The average Bonchev–Trinajstić information content (AvgIpc) is 3.11. The summed E-state index contributed by atoms with van der Waals surface area (Å²) in [5, 5.41) is 18.2. The highest BCUT2D eigenvalue weighted by atomic mass is 35.5. The molecule has 2 aromatic heterocycles. The van der Waals surface area contributed by atoms with Crippen LogP contribution in [-0.4, -0.2) is 87.2 Å². The van der Waals surface area contributed by atoms with Gasteiger partial charge in [-0.05, 0) is 24.6 Å². The van der Waals surface area contributed by atoms with Crippen LogP contribution in [0, 0.1) is 6.92 Å². The van der Waals surface area contributed by atoms with E-state index in [2.05, 4.69) is 49.2 Å². The normalized spacial score (nSPS) is 26.4. The molecule has 2 saturated heterocycles. The zero-order chi connectivity index (χ0) is 24.3. The summed E-state index contributed by atoms with van der Waals surface area (Å²) in [5.74, 6) is -2.45. The van der Waals surface area contributed by atoms with Gasteiger partial charge in [0.25, 0.3) is 5.92 Å². The summed E-state index contributed by atoms with van der Waals surface area (Å²) in [6, 6.07) is 3.18. The second-order valence-electron chi connectivity index (χ2n) is 9.49. The molecule has 3 fully saturated rings. The summed E-state index contributed by atoms with van der Waals surface area (Å²) < 4.78 is 33.4. The lowest BCUT2D eigenvalue weighted by Crippen LogP contribution is -2.53. The molecule has 3 atom stereocenters. The van der Waals surface area contributed by atoms with Crippen LogP contribution in [0.1, 0.15) is 18.0 Å². The molecule has 2 aliphatic heterocycles. The third kappa shape index (κ3) is 4.20. The van der Waals surface area contributed by atoms with Crippen molar-refractivity contribution in [2.45, 2.75) is 37.5 Å². The lowest BCUT2D eigenvalue weighted by Gasteiger charge is -2.40. The number of ether oxygens (including phenoxy) is 1. The highest BCUT2D eigenvalue weighted by molar-refractivity contribution is 6.32. The Morgan fingerprint density at radius 2 is 1.94 bits per heavy atom. The minimum absolute atomic E-state index is 0.0681. The molecule has 3 unspecified atom stereocenters. The van der Waals surface area contributed by atoms with Gasteiger partial charge in [-0.15, -0.1) is 0 Å². The monoisotopic (exact) mass is 505 g/mol. The van der Waals surface area contributed by atoms with Gasteiger partial charge in [0, 0.05) is 49.9 Å². The number of benzene rings is 1. The molecule has 3 aromatic rings. The number of aliphatic hydroxyl groups excluding tert-OH is 1. The van der Waals surface area contributed by atoms with Crippen molar-refractivity contribution in [3.8, 4) is 0 Å². The molecule has 1 saturated carbocycles. The Morgan fingerprint density at radius 1 is 1.17 bits per heavy atom. The summed E-state index contributed by atoms with van der Waals surface area (Å²) >= 11 is 6.29. The fourth-order valence-electron chi connectivity index (χ4n) is 4.99. The maximum atomic E-state index is 13.4. The number of hydrogen-bond acceptors (Lipinski definition) is 8. The van der Waals surface area contributed by atoms with E-state index in [9.17, 15) is 13.9 Å². The molecule has 2 N–H and O–H groups in total. The van der Waals surface area contributed by atoms with Crippen molar-refractivity contribution in [2.24, 2.45) is 0 Å². The van der Waals surface area contributed by atoms with E-state index in [0.29, 0.717) is 24.8 Å². The van der Waals surface area contributed by atoms with Gasteiger partial charge in [-0.1, -0.05) is 11.6 Å². The predicted octanol–water partition coefficient (Wildman–Crippen LogP) is 2.99. The minimum Gasteiger partial charge on any atom is -0.389 e. The Labute approximate surface area is 205 Å². The standard InChI is InChI=1S/C23H26ClF2N7O2/c1-13-6-14-9-27-22(30-16-10-28-33(21(16)24)20-8-23(20,25)26)29-15(14)7-17(13)31-2-4-32(5-3-31)18-11-35-12-19(18)34/h6-7,9-10,18-20,34H,2-5,8,11-12H2,1H3,(H,27,29,30). The van der Waals surface area contributed by atoms with E-state index < -0.39 is 18.1 Å². The average molecular weight is 506 g/mol. The maximum Gasteiger partial charge on any atom is 0.272 e. The molecule has 186 valence electrons. The number of alkyl halides is 2. The summed E-state index contributed by atoms with van der Waals surface area (Å²) in [7, 11) is 0. The number of nitrogens with one attached hydrogen (secondary N) is 1. The van der Waals surface area contributed by atoms with Gasteiger partial charge in [0.05, 0.1) is 42.8 Å². The SMILES string of the molecule is Cc1cc2cnc(Nc3cnn(C4CC4(F)F)c3Cl)nc2cc1N1CCN(C2COCC2O)CC1. The van der Waals surface area contributed by atoms with Crippen LogP contribution in [0.25, 0.3) is 10.9 Å². The Balaban J connectivity index is 1.19. The van der Waals surface area contributed by atoms with E-state index in [0.717, 1.165) is 53.0 Å². The van der Waals surface area contributed by atoms with E-state index in [1.165, 1.54) is 6.20 Å². The Hall–Kier alpha value is -2.60. The van der Waals surface area contributed by atoms with Crippen molar-refractivity contribution in [2.75, 3.05) is 49.6 Å². The first kappa shape index (κ1) is 22.8. The Kier molecular flexibility index (Phi) is 5.55. The van der Waals surface area contributed by atoms with Gasteiger partial charge in [-0.25, -0.2) is 23.4 Å². The first-order valence-electron chi connectivity index (χ1n) is 11.7. The number of piperazine rings is 1. The number of aromatic nitrogens is 4. The predicted molar refractivity (Wildman–Crippen MR) is 128 cm³/mol. The molecule has 9 nitrogen and oxygen atoms in total. The molecule has 1 aliphatic carbocycles. The van der Waals surface area contributed by atoms with Gasteiger partial charge in [0.15, 0.2) is 5.15 Å². The third-order valence-corrected chi connectivity index (χ3v) is 7.49. The van der Waals surface area contributed by atoms with Crippen LogP contribution in [0.2, 0.25) is 5.15 Å². The molecule has 35 heavy (non-hydrogen) atoms. The number of anilines is 3. The van der Waals surface area contributed by atoms with Crippen molar-refractivity contribution >= 4 is 39.8 Å². The topological polar surface area (TPSA) is 91.6 Å². The number of aryl methyl sites for hydroxylation is 1. The maximum absolute atomic E-state index is 13.4. The summed E-state index contributed by atoms with van der Waals surface area (Å²) in [6.07, 6.45) is 2.46. The molecule has 6 rings (SSSR count). The van der Waals surface area contributed by atoms with Gasteiger partial charge in [-0.3, -0.25) is 4.90 Å². The lowest BCUT2D eigenvalue weighted by atomic mass is 10.1. The summed E-state index contributed by atoms with van der Waals surface area (Å²) in [6.45, 7) is 6.43. The third-order valence-electron chi connectivity index (χ3n) is 7.11. The molecule has 0 radical (unpaired) electrons. The van der Waals surface area contributed by atoms with E-state index in [-0.39, 0.29) is 17.6 Å². The van der Waals surface area contributed by atoms with Crippen molar-refractivity contribution in [1.29, 1.82) is 0 Å². The molecule has 12 heteroatoms. The number of halogens is 3. The Morgan fingerprint density at radius 3 is 2.63 bits per heavy atom. The van der Waals surface area contributed by atoms with Gasteiger partial charge in [0.1, 0.15) is 6.04 Å². The molecule has 1 aromatic carbocycles. The minimum atomic E-state index is -2.77. The molecular formula is C23H26ClF2N7O2. The lowest BCUT2D eigenvalue weighted by molar-refractivity contribution is 0.0785. The van der Waals surface area contributed by atoms with E-state index in [1.54, 1.807) is 6.20 Å². The molecule has 4 heterocycles. The largest absolute Gasteiger partial charge is 0.389 e. The van der Waals surface area contributed by atoms with Crippen LogP contribution < -0.4 is 10.2 Å². The van der Waals surface area contributed by atoms with E-state index in [4.69, 9.17) is 16.3 Å². The number of rotatable bonds is 5. The second-order valence-corrected chi connectivity index (χ2v) is 9.84. The van der Waals surface area contributed by atoms with Crippen molar-refractivity contribution in [3.05, 3.63) is 35.2 Å². The highest BCUT2D eigenvalue weighted by Crippen LogP contribution is 2.53. The number of nitrogens with zero attached hydrogens (tertiary/aromatic N) is 6.